The molecule has 0 aliphatic carbocycles. The first-order chi connectivity index (χ1) is 13.8. The third-order valence-corrected chi connectivity index (χ3v) is 4.95. The molecule has 0 heterocycles. The van der Waals surface area contributed by atoms with Gasteiger partial charge in [0.2, 0.25) is 0 Å². The minimum absolute atomic E-state index is 0.251. The number of rotatable bonds is 4. The second kappa shape index (κ2) is 9.05. The molecule has 1 amide bonds. The number of nitrogens with zero attached hydrogens (tertiary/aromatic N) is 1. The van der Waals surface area contributed by atoms with Crippen LogP contribution in [-0.2, 0) is 15.6 Å². The predicted octanol–water partition coefficient (Wildman–Crippen LogP) is 6.36. The molecule has 0 aliphatic rings. The van der Waals surface area contributed by atoms with E-state index in [9.17, 15) is 9.90 Å². The lowest BCUT2D eigenvalue weighted by Gasteiger charge is -2.28. The van der Waals surface area contributed by atoms with E-state index in [-0.39, 0.29) is 16.7 Å². The number of hydrogen-bond donors (Lipinski definition) is 2. The molecule has 0 aromatic heterocycles. The van der Waals surface area contributed by atoms with Crippen molar-refractivity contribution in [3.05, 3.63) is 63.7 Å². The van der Waals surface area contributed by atoms with Crippen LogP contribution >= 0.6 is 11.6 Å². The van der Waals surface area contributed by atoms with Gasteiger partial charge in [-0.3, -0.25) is 9.79 Å². The molecule has 0 fully saturated rings. The molecule has 30 heavy (non-hydrogen) atoms. The van der Waals surface area contributed by atoms with Gasteiger partial charge >= 0.3 is 0 Å². The van der Waals surface area contributed by atoms with Gasteiger partial charge in [0.15, 0.2) is 0 Å². The normalized spacial score (nSPS) is 13.0. The number of aliphatic imine (C=N–C) groups is 1. The quantitative estimate of drug-likeness (QED) is 0.441. The lowest BCUT2D eigenvalue weighted by atomic mass is 9.78. The zero-order valence-electron chi connectivity index (χ0n) is 18.8. The Morgan fingerprint density at radius 2 is 1.50 bits per heavy atom. The van der Waals surface area contributed by atoms with Crippen molar-refractivity contribution in [2.75, 3.05) is 12.4 Å². The summed E-state index contributed by atoms with van der Waals surface area (Å²) >= 11 is 5.92. The fourth-order valence-corrected chi connectivity index (χ4v) is 3.23. The summed E-state index contributed by atoms with van der Waals surface area (Å²) in [5, 5.41) is 14.4. The number of phenols is 1. The Morgan fingerprint density at radius 1 is 1.00 bits per heavy atom. The van der Waals surface area contributed by atoms with Crippen LogP contribution in [0.3, 0.4) is 0 Å². The van der Waals surface area contributed by atoms with E-state index in [4.69, 9.17) is 11.6 Å². The third-order valence-electron chi connectivity index (χ3n) is 4.70. The third kappa shape index (κ3) is 5.96. The number of aromatic hydroxyl groups is 1. The van der Waals surface area contributed by atoms with Crippen LogP contribution in [0.4, 0.5) is 5.69 Å². The highest BCUT2D eigenvalue weighted by atomic mass is 35.5. The molecule has 0 unspecified atom stereocenters. The van der Waals surface area contributed by atoms with Crippen molar-refractivity contribution in [1.29, 1.82) is 0 Å². The Morgan fingerprint density at radius 3 is 1.93 bits per heavy atom. The van der Waals surface area contributed by atoms with Crippen LogP contribution in [0.2, 0.25) is 5.02 Å². The smallest absolute Gasteiger partial charge is 0.257 e. The van der Waals surface area contributed by atoms with Crippen molar-refractivity contribution in [2.45, 2.75) is 52.4 Å². The van der Waals surface area contributed by atoms with Crippen molar-refractivity contribution in [3.63, 3.8) is 0 Å². The number of amides is 1. The summed E-state index contributed by atoms with van der Waals surface area (Å²) < 4.78 is 0. The largest absolute Gasteiger partial charge is 0.507 e. The highest BCUT2D eigenvalue weighted by Gasteiger charge is 2.26. The van der Waals surface area contributed by atoms with Crippen LogP contribution < -0.4 is 5.32 Å². The Balaban J connectivity index is 2.55. The van der Waals surface area contributed by atoms with Gasteiger partial charge in [0.25, 0.3) is 5.91 Å². The molecule has 0 saturated carbocycles. The summed E-state index contributed by atoms with van der Waals surface area (Å²) in [7, 11) is 1.63. The molecule has 2 N–H and O–H groups in total. The van der Waals surface area contributed by atoms with Crippen LogP contribution in [0, 0.1) is 0 Å². The Hall–Kier alpha value is -2.59. The number of hydrogen-bond acceptors (Lipinski definition) is 3. The van der Waals surface area contributed by atoms with Crippen LogP contribution in [0.5, 0.6) is 5.75 Å². The van der Waals surface area contributed by atoms with Crippen molar-refractivity contribution >= 4 is 35.5 Å². The standard InChI is InChI=1S/C25H31ClN2O2/c1-24(2,3)20-13-16(14-21(22(20)29)25(4,5)6)12-17(15-27-7)23(30)28-19-10-8-18(26)9-11-19/h8-15,29H,1-7H3,(H,28,30)/b17-12+,27-15?. The van der Waals surface area contributed by atoms with Gasteiger partial charge in [-0.25, -0.2) is 0 Å². The fourth-order valence-electron chi connectivity index (χ4n) is 3.10. The van der Waals surface area contributed by atoms with Gasteiger partial charge < -0.3 is 10.4 Å². The second-order valence-corrected chi connectivity index (χ2v) is 9.85. The molecule has 0 bridgehead atoms. The van der Waals surface area contributed by atoms with E-state index in [1.54, 1.807) is 37.4 Å². The molecule has 160 valence electrons. The van der Waals surface area contributed by atoms with Crippen LogP contribution in [0.15, 0.2) is 47.0 Å². The molecule has 4 nitrogen and oxygen atoms in total. The molecule has 0 atom stereocenters. The average Bonchev–Trinajstić information content (AvgIpc) is 2.62. The van der Waals surface area contributed by atoms with Gasteiger partial charge in [0, 0.05) is 35.1 Å². The van der Waals surface area contributed by atoms with E-state index >= 15 is 0 Å². The maximum Gasteiger partial charge on any atom is 0.257 e. The van der Waals surface area contributed by atoms with Crippen molar-refractivity contribution in [1.82, 2.24) is 0 Å². The lowest BCUT2D eigenvalue weighted by molar-refractivity contribution is -0.112. The molecule has 0 spiro atoms. The van der Waals surface area contributed by atoms with Crippen molar-refractivity contribution < 1.29 is 9.90 Å². The number of anilines is 1. The van der Waals surface area contributed by atoms with E-state index in [0.29, 0.717) is 22.0 Å². The maximum absolute atomic E-state index is 12.9. The van der Waals surface area contributed by atoms with E-state index in [0.717, 1.165) is 16.7 Å². The molecule has 5 heteroatoms. The van der Waals surface area contributed by atoms with Gasteiger partial charge in [-0.1, -0.05) is 53.1 Å². The summed E-state index contributed by atoms with van der Waals surface area (Å²) in [6.45, 7) is 12.4. The Kier molecular flexibility index (Phi) is 7.14. The molecular weight excluding hydrogens is 396 g/mol. The topological polar surface area (TPSA) is 61.7 Å². The predicted molar refractivity (Wildman–Crippen MR) is 128 cm³/mol. The first-order valence-electron chi connectivity index (χ1n) is 9.91. The SMILES string of the molecule is CN=C/C(=C\c1cc(C(C)(C)C)c(O)c(C(C)(C)C)c1)C(=O)Nc1ccc(Cl)cc1. The monoisotopic (exact) mass is 426 g/mol. The lowest BCUT2D eigenvalue weighted by Crippen LogP contribution is -2.18. The van der Waals surface area contributed by atoms with E-state index in [1.165, 1.54) is 6.21 Å². The maximum atomic E-state index is 12.9. The fraction of sp³-hybridized carbons (Fsp3) is 0.360. The van der Waals surface area contributed by atoms with E-state index < -0.39 is 0 Å². The minimum atomic E-state index is -0.273. The highest BCUT2D eigenvalue weighted by molar-refractivity contribution is 6.30. The summed E-state index contributed by atoms with van der Waals surface area (Å²) in [5.41, 5.74) is 3.08. The molecule has 0 radical (unpaired) electrons. The van der Waals surface area contributed by atoms with Crippen LogP contribution in [-0.4, -0.2) is 24.3 Å². The second-order valence-electron chi connectivity index (χ2n) is 9.41. The first kappa shape index (κ1) is 23.7. The average molecular weight is 427 g/mol. The van der Waals surface area contributed by atoms with Gasteiger partial charge in [-0.2, -0.15) is 0 Å². The summed E-state index contributed by atoms with van der Waals surface area (Å²) in [5.74, 6) is 0.0362. The number of carbonyl (C=O) groups is 1. The summed E-state index contributed by atoms with van der Waals surface area (Å²) in [6, 6.07) is 10.8. The summed E-state index contributed by atoms with van der Waals surface area (Å²) in [6.07, 6.45) is 3.33. The number of nitrogens with one attached hydrogen (secondary N) is 1. The van der Waals surface area contributed by atoms with E-state index in [2.05, 4.69) is 51.9 Å². The highest BCUT2D eigenvalue weighted by Crippen LogP contribution is 2.40. The molecule has 2 aromatic rings. The Bertz CT molecular complexity index is 941. The summed E-state index contributed by atoms with van der Waals surface area (Å²) in [4.78, 5) is 16.9. The zero-order chi connectivity index (χ0) is 22.7. The number of halogens is 1. The number of benzene rings is 2. The minimum Gasteiger partial charge on any atom is -0.507 e. The number of phenolic OH excluding ortho intramolecular Hbond substituents is 1. The van der Waals surface area contributed by atoms with Gasteiger partial charge in [-0.15, -0.1) is 0 Å². The van der Waals surface area contributed by atoms with Crippen LogP contribution in [0.1, 0.15) is 58.2 Å². The van der Waals surface area contributed by atoms with E-state index in [1.807, 2.05) is 12.1 Å². The molecule has 0 saturated heterocycles. The van der Waals surface area contributed by atoms with Crippen molar-refractivity contribution in [3.8, 4) is 5.75 Å². The molecule has 2 aromatic carbocycles. The molecule has 0 aliphatic heterocycles. The van der Waals surface area contributed by atoms with Gasteiger partial charge in [0.1, 0.15) is 5.75 Å². The van der Waals surface area contributed by atoms with Gasteiger partial charge in [0.05, 0.1) is 5.57 Å². The molecular formula is C25H31ClN2O2. The van der Waals surface area contributed by atoms with Crippen molar-refractivity contribution in [2.24, 2.45) is 4.99 Å². The first-order valence-corrected chi connectivity index (χ1v) is 10.3. The molecule has 2 rings (SSSR count). The van der Waals surface area contributed by atoms with Crippen LogP contribution in [0.25, 0.3) is 6.08 Å². The van der Waals surface area contributed by atoms with Gasteiger partial charge in [-0.05, 0) is 58.9 Å². The Labute approximate surface area is 184 Å². The number of carbonyl (C=O) groups excluding carboxylic acids is 1. The zero-order valence-corrected chi connectivity index (χ0v) is 19.6.